The number of nitrogens with one attached hydrogen (secondary N) is 1. The summed E-state index contributed by atoms with van der Waals surface area (Å²) in [7, 11) is 0. The molecule has 1 N–H and O–H groups in total. The topological polar surface area (TPSA) is 34.1 Å². The minimum atomic E-state index is -0.220. The average molecular weight is 288 g/mol. The van der Waals surface area contributed by atoms with Crippen molar-refractivity contribution in [1.29, 1.82) is 0 Å². The summed E-state index contributed by atoms with van der Waals surface area (Å²) < 4.78 is 18.8. The number of aryl methyl sites for hydroxylation is 1. The number of benzene rings is 1. The molecule has 0 saturated heterocycles. The fourth-order valence-corrected chi connectivity index (χ4v) is 1.83. The monoisotopic (exact) mass is 288 g/mol. The fourth-order valence-electron chi connectivity index (χ4n) is 1.83. The third-order valence-electron chi connectivity index (χ3n) is 3.12. The molecule has 0 saturated carbocycles. The molecule has 1 aromatic carbocycles. The third-order valence-corrected chi connectivity index (χ3v) is 3.12. The molecule has 2 rings (SSSR count). The number of halogens is 1. The van der Waals surface area contributed by atoms with Gasteiger partial charge in [-0.05, 0) is 42.3 Å². The predicted molar refractivity (Wildman–Crippen MR) is 81.7 cm³/mol. The second kappa shape index (κ2) is 7.18. The van der Waals surface area contributed by atoms with E-state index in [2.05, 4.69) is 24.1 Å². The Kier molecular flexibility index (Phi) is 5.28. The van der Waals surface area contributed by atoms with Gasteiger partial charge in [-0.15, -0.1) is 0 Å². The summed E-state index contributed by atoms with van der Waals surface area (Å²) in [5.74, 6) is 0.434. The van der Waals surface area contributed by atoms with E-state index in [0.717, 1.165) is 17.8 Å². The predicted octanol–water partition coefficient (Wildman–Crippen LogP) is 3.61. The largest absolute Gasteiger partial charge is 0.487 e. The zero-order valence-electron chi connectivity index (χ0n) is 12.7. The maximum Gasteiger partial charge on any atom is 0.130 e. The van der Waals surface area contributed by atoms with Gasteiger partial charge in [0.15, 0.2) is 0 Å². The molecule has 21 heavy (non-hydrogen) atoms. The van der Waals surface area contributed by atoms with Crippen LogP contribution in [0.2, 0.25) is 0 Å². The Morgan fingerprint density at radius 2 is 2.05 bits per heavy atom. The Labute approximate surface area is 125 Å². The molecule has 0 atom stereocenters. The van der Waals surface area contributed by atoms with E-state index in [1.165, 1.54) is 6.07 Å². The lowest BCUT2D eigenvalue weighted by molar-refractivity contribution is 0.300. The molecule has 0 amide bonds. The summed E-state index contributed by atoms with van der Waals surface area (Å²) in [6, 6.07) is 9.18. The van der Waals surface area contributed by atoms with Crippen molar-refractivity contribution in [3.63, 3.8) is 0 Å². The van der Waals surface area contributed by atoms with Gasteiger partial charge in [0.25, 0.3) is 0 Å². The lowest BCUT2D eigenvalue weighted by Gasteiger charge is -2.09. The Morgan fingerprint density at radius 3 is 2.67 bits per heavy atom. The minimum absolute atomic E-state index is 0.220. The molecule has 1 heterocycles. The highest BCUT2D eigenvalue weighted by Crippen LogP contribution is 2.17. The van der Waals surface area contributed by atoms with Crippen molar-refractivity contribution in [3.05, 3.63) is 59.2 Å². The maximum absolute atomic E-state index is 13.2. The Hall–Kier alpha value is -1.94. The first-order valence-electron chi connectivity index (χ1n) is 7.11. The van der Waals surface area contributed by atoms with Crippen LogP contribution >= 0.6 is 0 Å². The van der Waals surface area contributed by atoms with Crippen LogP contribution in [0.1, 0.15) is 30.7 Å². The van der Waals surface area contributed by atoms with Gasteiger partial charge in [-0.2, -0.15) is 0 Å². The summed E-state index contributed by atoms with van der Waals surface area (Å²) >= 11 is 0. The number of hydrogen-bond acceptors (Lipinski definition) is 3. The highest BCUT2D eigenvalue weighted by Gasteiger charge is 2.02. The molecule has 4 heteroatoms. The number of pyridine rings is 1. The lowest BCUT2D eigenvalue weighted by Crippen LogP contribution is -2.21. The van der Waals surface area contributed by atoms with Crippen molar-refractivity contribution in [2.45, 2.75) is 40.0 Å². The van der Waals surface area contributed by atoms with Gasteiger partial charge in [-0.1, -0.05) is 19.9 Å². The van der Waals surface area contributed by atoms with Crippen LogP contribution in [-0.4, -0.2) is 11.0 Å². The van der Waals surface area contributed by atoms with Crippen LogP contribution in [0, 0.1) is 12.7 Å². The van der Waals surface area contributed by atoms with Gasteiger partial charge in [0.2, 0.25) is 0 Å². The van der Waals surface area contributed by atoms with Gasteiger partial charge >= 0.3 is 0 Å². The number of aromatic nitrogens is 1. The molecule has 0 bridgehead atoms. The number of rotatable bonds is 6. The second-order valence-electron chi connectivity index (χ2n) is 5.39. The summed E-state index contributed by atoms with van der Waals surface area (Å²) in [5, 5.41) is 3.34. The molecule has 112 valence electrons. The van der Waals surface area contributed by atoms with E-state index < -0.39 is 0 Å². The lowest BCUT2D eigenvalue weighted by atomic mass is 10.2. The Bertz CT molecular complexity index is 582. The van der Waals surface area contributed by atoms with Gasteiger partial charge in [-0.3, -0.25) is 4.98 Å². The molecule has 2 aromatic rings. The van der Waals surface area contributed by atoms with E-state index in [1.807, 2.05) is 18.3 Å². The SMILES string of the molecule is Cc1cc(OCc2ccc(CNC(C)C)cn2)ccc1F. The average Bonchev–Trinajstić information content (AvgIpc) is 2.47. The third kappa shape index (κ3) is 4.83. The van der Waals surface area contributed by atoms with Crippen LogP contribution in [0.15, 0.2) is 36.5 Å². The van der Waals surface area contributed by atoms with Gasteiger partial charge in [0.05, 0.1) is 5.69 Å². The second-order valence-corrected chi connectivity index (χ2v) is 5.39. The van der Waals surface area contributed by atoms with Crippen molar-refractivity contribution >= 4 is 0 Å². The maximum atomic E-state index is 13.2. The Morgan fingerprint density at radius 1 is 1.24 bits per heavy atom. The molecule has 0 radical (unpaired) electrons. The molecule has 0 spiro atoms. The van der Waals surface area contributed by atoms with Gasteiger partial charge in [-0.25, -0.2) is 4.39 Å². The number of ether oxygens (including phenoxy) is 1. The molecule has 0 aliphatic heterocycles. The molecular weight excluding hydrogens is 267 g/mol. The molecule has 0 unspecified atom stereocenters. The first-order chi connectivity index (χ1) is 10.0. The molecule has 0 aliphatic carbocycles. The highest BCUT2D eigenvalue weighted by molar-refractivity contribution is 5.29. The number of nitrogens with zero attached hydrogens (tertiary/aromatic N) is 1. The number of hydrogen-bond donors (Lipinski definition) is 1. The first-order valence-corrected chi connectivity index (χ1v) is 7.11. The van der Waals surface area contributed by atoms with Gasteiger partial charge < -0.3 is 10.1 Å². The summed E-state index contributed by atoms with van der Waals surface area (Å²) in [6.07, 6.45) is 1.85. The molecule has 0 aliphatic rings. The van der Waals surface area contributed by atoms with E-state index in [0.29, 0.717) is 24.0 Å². The first kappa shape index (κ1) is 15.4. The Balaban J connectivity index is 1.89. The smallest absolute Gasteiger partial charge is 0.130 e. The van der Waals surface area contributed by atoms with Crippen LogP contribution in [-0.2, 0) is 13.2 Å². The zero-order chi connectivity index (χ0) is 15.2. The highest BCUT2D eigenvalue weighted by atomic mass is 19.1. The van der Waals surface area contributed by atoms with E-state index in [4.69, 9.17) is 4.74 Å². The van der Waals surface area contributed by atoms with Crippen molar-refractivity contribution < 1.29 is 9.13 Å². The van der Waals surface area contributed by atoms with Gasteiger partial charge in [0.1, 0.15) is 18.2 Å². The normalized spacial score (nSPS) is 10.9. The van der Waals surface area contributed by atoms with Crippen molar-refractivity contribution in [2.24, 2.45) is 0 Å². The van der Waals surface area contributed by atoms with E-state index >= 15 is 0 Å². The van der Waals surface area contributed by atoms with Crippen LogP contribution < -0.4 is 10.1 Å². The van der Waals surface area contributed by atoms with E-state index in [-0.39, 0.29) is 5.82 Å². The summed E-state index contributed by atoms with van der Waals surface area (Å²) in [5.41, 5.74) is 2.57. The molecular formula is C17H21FN2O. The minimum Gasteiger partial charge on any atom is -0.487 e. The summed E-state index contributed by atoms with van der Waals surface area (Å²) in [4.78, 5) is 4.37. The molecule has 1 aromatic heterocycles. The van der Waals surface area contributed by atoms with Crippen LogP contribution in [0.25, 0.3) is 0 Å². The zero-order valence-corrected chi connectivity index (χ0v) is 12.7. The van der Waals surface area contributed by atoms with Crippen molar-refractivity contribution in [3.8, 4) is 5.75 Å². The van der Waals surface area contributed by atoms with Crippen LogP contribution in [0.5, 0.6) is 5.75 Å². The summed E-state index contributed by atoms with van der Waals surface area (Å²) in [6.45, 7) is 7.13. The van der Waals surface area contributed by atoms with E-state index in [1.54, 1.807) is 19.1 Å². The van der Waals surface area contributed by atoms with E-state index in [9.17, 15) is 4.39 Å². The van der Waals surface area contributed by atoms with Crippen molar-refractivity contribution in [2.75, 3.05) is 0 Å². The quantitative estimate of drug-likeness (QED) is 0.881. The standard InChI is InChI=1S/C17H21FN2O/c1-12(2)19-9-14-4-5-15(20-10-14)11-21-16-6-7-17(18)13(3)8-16/h4-8,10,12,19H,9,11H2,1-3H3. The van der Waals surface area contributed by atoms with Crippen molar-refractivity contribution in [1.82, 2.24) is 10.3 Å². The van der Waals surface area contributed by atoms with Crippen LogP contribution in [0.3, 0.4) is 0 Å². The molecule has 0 fully saturated rings. The van der Waals surface area contributed by atoms with Crippen LogP contribution in [0.4, 0.5) is 4.39 Å². The fraction of sp³-hybridized carbons (Fsp3) is 0.353. The van der Waals surface area contributed by atoms with Gasteiger partial charge in [0, 0.05) is 18.8 Å². The molecule has 3 nitrogen and oxygen atoms in total.